The van der Waals surface area contributed by atoms with E-state index in [9.17, 15) is 33.6 Å². The van der Waals surface area contributed by atoms with Crippen molar-refractivity contribution in [2.45, 2.75) is 124 Å². The molecule has 1 aliphatic rings. The molecule has 1 rings (SSSR count). The zero-order chi connectivity index (χ0) is 41.5. The standard InChI is InChI=1S/C38H71N9O8/c1-24(2)19-29(36(52)41-22-33(49)55-9)45-34(50)27(7)43-38(54)31(21-26(5)6)46-35(51)28(8)42-37(53)30(20-25(3)4)44-32(48)23-47-17-11-15-39-13-10-14-40-16-12-18-47/h24-31,39-40H,10-23H2,1-9H3,(H,41,52)(H,42,53)(H,43,54)(H,44,48)(H,45,50)(H,46,51)/t27-,28-,29-,30-,31-/m0/s1. The Hall–Kier alpha value is -3.83. The van der Waals surface area contributed by atoms with Gasteiger partial charge in [0.05, 0.1) is 13.7 Å². The second-order valence-electron chi connectivity index (χ2n) is 15.7. The maximum Gasteiger partial charge on any atom is 0.325 e. The highest BCUT2D eigenvalue weighted by atomic mass is 16.5. The van der Waals surface area contributed by atoms with Crippen LogP contribution in [0.2, 0.25) is 0 Å². The highest BCUT2D eigenvalue weighted by Crippen LogP contribution is 2.09. The lowest BCUT2D eigenvalue weighted by Gasteiger charge is -2.27. The van der Waals surface area contributed by atoms with Crippen LogP contribution >= 0.6 is 0 Å². The predicted octanol–water partition coefficient (Wildman–Crippen LogP) is -0.457. The minimum absolute atomic E-state index is 0.0199. The van der Waals surface area contributed by atoms with E-state index < -0.39 is 65.7 Å². The van der Waals surface area contributed by atoms with Gasteiger partial charge < -0.3 is 47.3 Å². The molecule has 0 spiro atoms. The first-order valence-corrected chi connectivity index (χ1v) is 19.9. The second kappa shape index (κ2) is 26.9. The monoisotopic (exact) mass is 782 g/mol. The molecule has 0 saturated carbocycles. The summed E-state index contributed by atoms with van der Waals surface area (Å²) in [5.41, 5.74) is 0. The third-order valence-corrected chi connectivity index (χ3v) is 8.91. The summed E-state index contributed by atoms with van der Waals surface area (Å²) in [7, 11) is 1.20. The molecule has 8 N–H and O–H groups in total. The number of hydrogen-bond acceptors (Lipinski definition) is 11. The number of carbonyl (C=O) groups is 7. The summed E-state index contributed by atoms with van der Waals surface area (Å²) in [4.78, 5) is 92.9. The average molecular weight is 782 g/mol. The van der Waals surface area contributed by atoms with Gasteiger partial charge >= 0.3 is 5.97 Å². The van der Waals surface area contributed by atoms with Gasteiger partial charge in [-0.2, -0.15) is 0 Å². The van der Waals surface area contributed by atoms with Gasteiger partial charge in [-0.25, -0.2) is 0 Å². The van der Waals surface area contributed by atoms with Gasteiger partial charge in [0.1, 0.15) is 36.8 Å². The van der Waals surface area contributed by atoms with Gasteiger partial charge in [0.25, 0.3) is 0 Å². The smallest absolute Gasteiger partial charge is 0.325 e. The van der Waals surface area contributed by atoms with Crippen molar-refractivity contribution < 1.29 is 38.3 Å². The zero-order valence-corrected chi connectivity index (χ0v) is 34.7. The van der Waals surface area contributed by atoms with E-state index >= 15 is 0 Å². The Labute approximate surface area is 328 Å². The number of amides is 6. The molecule has 1 fully saturated rings. The van der Waals surface area contributed by atoms with Crippen molar-refractivity contribution in [2.75, 3.05) is 59.5 Å². The number of nitrogens with zero attached hydrogens (tertiary/aromatic N) is 1. The second-order valence-corrected chi connectivity index (χ2v) is 15.7. The average Bonchev–Trinajstić information content (AvgIpc) is 3.09. The molecule has 1 aliphatic heterocycles. The molecule has 1 heterocycles. The largest absolute Gasteiger partial charge is 0.468 e. The van der Waals surface area contributed by atoms with Crippen molar-refractivity contribution in [3.63, 3.8) is 0 Å². The lowest BCUT2D eigenvalue weighted by molar-refractivity contribution is -0.141. The normalized spacial score (nSPS) is 17.3. The first kappa shape index (κ1) is 49.2. The van der Waals surface area contributed by atoms with Crippen LogP contribution in [0.1, 0.15) is 93.9 Å². The SMILES string of the molecule is COC(=O)CNC(=O)[C@H](CC(C)C)NC(=O)[C@H](C)NC(=O)[C@H](CC(C)C)NC(=O)[C@H](C)NC(=O)[C@H](CC(C)C)NC(=O)CN1CCCNCCCNCCC1. The molecular weight excluding hydrogens is 710 g/mol. The molecule has 0 unspecified atom stereocenters. The number of ether oxygens (including phenoxy) is 1. The van der Waals surface area contributed by atoms with Crippen LogP contribution in [0.4, 0.5) is 0 Å². The van der Waals surface area contributed by atoms with E-state index in [4.69, 9.17) is 0 Å². The molecule has 17 heteroatoms. The molecule has 0 aromatic rings. The summed E-state index contributed by atoms with van der Waals surface area (Å²) in [5.74, 6) is -3.75. The van der Waals surface area contributed by atoms with Gasteiger partial charge in [-0.15, -0.1) is 0 Å². The Morgan fingerprint density at radius 3 is 1.36 bits per heavy atom. The molecule has 5 atom stereocenters. The van der Waals surface area contributed by atoms with Gasteiger partial charge in [0.15, 0.2) is 0 Å². The maximum atomic E-state index is 13.5. The fourth-order valence-corrected chi connectivity index (χ4v) is 5.97. The van der Waals surface area contributed by atoms with Crippen LogP contribution in [-0.2, 0) is 38.3 Å². The number of carbonyl (C=O) groups excluding carboxylic acids is 7. The van der Waals surface area contributed by atoms with Crippen LogP contribution in [0.25, 0.3) is 0 Å². The number of hydrogen-bond donors (Lipinski definition) is 8. The van der Waals surface area contributed by atoms with Crippen molar-refractivity contribution in [1.29, 1.82) is 0 Å². The number of nitrogens with one attached hydrogen (secondary N) is 8. The van der Waals surface area contributed by atoms with Crippen LogP contribution in [-0.4, -0.2) is 136 Å². The Kier molecular flexibility index (Phi) is 24.0. The third kappa shape index (κ3) is 21.7. The van der Waals surface area contributed by atoms with E-state index in [2.05, 4.69) is 52.2 Å². The van der Waals surface area contributed by atoms with Crippen LogP contribution in [0.3, 0.4) is 0 Å². The van der Waals surface area contributed by atoms with Crippen molar-refractivity contribution >= 4 is 41.4 Å². The first-order chi connectivity index (χ1) is 25.9. The lowest BCUT2D eigenvalue weighted by atomic mass is 10.0. The first-order valence-electron chi connectivity index (χ1n) is 19.9. The third-order valence-electron chi connectivity index (χ3n) is 8.91. The molecule has 0 aromatic carbocycles. The van der Waals surface area contributed by atoms with Crippen molar-refractivity contribution in [1.82, 2.24) is 47.4 Å². The minimum Gasteiger partial charge on any atom is -0.468 e. The van der Waals surface area contributed by atoms with E-state index in [1.54, 1.807) is 0 Å². The van der Waals surface area contributed by atoms with Gasteiger partial charge in [-0.05, 0) is 109 Å². The highest BCUT2D eigenvalue weighted by Gasteiger charge is 2.31. The van der Waals surface area contributed by atoms with E-state index in [0.29, 0.717) is 6.42 Å². The summed E-state index contributed by atoms with van der Waals surface area (Å²) in [6.07, 6.45) is 3.77. The van der Waals surface area contributed by atoms with Gasteiger partial charge in [0, 0.05) is 0 Å². The number of methoxy groups -OCH3 is 1. The van der Waals surface area contributed by atoms with Crippen LogP contribution in [0.15, 0.2) is 0 Å². The van der Waals surface area contributed by atoms with E-state index in [1.807, 2.05) is 41.5 Å². The van der Waals surface area contributed by atoms with Gasteiger partial charge in [-0.1, -0.05) is 41.5 Å². The molecule has 0 aliphatic carbocycles. The molecule has 0 aromatic heterocycles. The van der Waals surface area contributed by atoms with Crippen LogP contribution < -0.4 is 42.5 Å². The molecular formula is C38H71N9O8. The summed E-state index contributed by atoms with van der Waals surface area (Å²) in [6, 6.07) is -4.98. The quantitative estimate of drug-likeness (QED) is 0.0738. The molecule has 55 heavy (non-hydrogen) atoms. The zero-order valence-electron chi connectivity index (χ0n) is 34.7. The maximum absolute atomic E-state index is 13.5. The van der Waals surface area contributed by atoms with E-state index in [0.717, 1.165) is 58.5 Å². The summed E-state index contributed by atoms with van der Waals surface area (Å²) >= 11 is 0. The van der Waals surface area contributed by atoms with Crippen molar-refractivity contribution in [3.8, 4) is 0 Å². The van der Waals surface area contributed by atoms with E-state index in [-0.39, 0.29) is 49.6 Å². The van der Waals surface area contributed by atoms with Crippen LogP contribution in [0, 0.1) is 17.8 Å². The number of esters is 1. The number of rotatable bonds is 20. The minimum atomic E-state index is -1.07. The fourth-order valence-electron chi connectivity index (χ4n) is 5.97. The summed E-state index contributed by atoms with van der Waals surface area (Å²) < 4.78 is 4.55. The van der Waals surface area contributed by atoms with Gasteiger partial charge in [-0.3, -0.25) is 38.5 Å². The highest BCUT2D eigenvalue weighted by molar-refractivity contribution is 5.96. The molecule has 316 valence electrons. The predicted molar refractivity (Wildman–Crippen MR) is 210 cm³/mol. The molecule has 6 amide bonds. The molecule has 0 radical (unpaired) electrons. The Balaban J connectivity index is 2.89. The fraction of sp³-hybridized carbons (Fsp3) is 0.816. The Morgan fingerprint density at radius 1 is 0.545 bits per heavy atom. The summed E-state index contributed by atoms with van der Waals surface area (Å²) in [5, 5.41) is 22.8. The summed E-state index contributed by atoms with van der Waals surface area (Å²) in [6.45, 7) is 19.3. The topological polar surface area (TPSA) is 228 Å². The van der Waals surface area contributed by atoms with Gasteiger partial charge in [0.2, 0.25) is 35.4 Å². The Morgan fingerprint density at radius 2 is 0.945 bits per heavy atom. The molecule has 0 bridgehead atoms. The van der Waals surface area contributed by atoms with Crippen LogP contribution in [0.5, 0.6) is 0 Å². The van der Waals surface area contributed by atoms with Crippen molar-refractivity contribution in [3.05, 3.63) is 0 Å². The Bertz CT molecular complexity index is 1220. The molecule has 1 saturated heterocycles. The lowest BCUT2D eigenvalue weighted by Crippen LogP contribution is -2.58. The van der Waals surface area contributed by atoms with Crippen molar-refractivity contribution in [2.24, 2.45) is 17.8 Å². The van der Waals surface area contributed by atoms with E-state index in [1.165, 1.54) is 21.0 Å². The molecule has 17 nitrogen and oxygen atoms in total.